The molecular formula is C18H23N5O6. The summed E-state index contributed by atoms with van der Waals surface area (Å²) in [4.78, 5) is 26.1. The molecule has 0 fully saturated rings. The fourth-order valence-electron chi connectivity index (χ4n) is 2.38. The molecule has 1 heterocycles. The van der Waals surface area contributed by atoms with Gasteiger partial charge in [0.05, 0.1) is 17.6 Å². The number of nitrogens with two attached hydrogens (primary N) is 1. The van der Waals surface area contributed by atoms with Crippen molar-refractivity contribution in [2.75, 3.05) is 29.6 Å². The first-order valence-corrected chi connectivity index (χ1v) is 8.83. The van der Waals surface area contributed by atoms with Crippen LogP contribution in [0.3, 0.4) is 0 Å². The van der Waals surface area contributed by atoms with Crippen LogP contribution in [-0.4, -0.2) is 46.5 Å². The van der Waals surface area contributed by atoms with Gasteiger partial charge in [0.1, 0.15) is 30.0 Å². The van der Waals surface area contributed by atoms with E-state index in [0.29, 0.717) is 5.75 Å². The number of nitro groups is 1. The molecule has 156 valence electrons. The number of nitrogen functional groups attached to an aromatic ring is 1. The molecule has 0 aliphatic carbocycles. The fraction of sp³-hybridized carbons (Fsp3) is 0.333. The lowest BCUT2D eigenvalue weighted by Gasteiger charge is -2.22. The van der Waals surface area contributed by atoms with Crippen LogP contribution in [0.2, 0.25) is 0 Å². The van der Waals surface area contributed by atoms with Crippen molar-refractivity contribution in [2.45, 2.75) is 26.0 Å². The summed E-state index contributed by atoms with van der Waals surface area (Å²) in [6.07, 6.45) is -1.77. The Kier molecular flexibility index (Phi) is 7.54. The number of nitrogens with one attached hydrogen (secondary N) is 2. The van der Waals surface area contributed by atoms with Crippen molar-refractivity contribution in [3.8, 4) is 5.75 Å². The van der Waals surface area contributed by atoms with Gasteiger partial charge in [0.15, 0.2) is 0 Å². The number of carbonyl (C=O) groups is 1. The predicted molar refractivity (Wildman–Crippen MR) is 107 cm³/mol. The number of ether oxygens (including phenoxy) is 2. The second kappa shape index (κ2) is 10.1. The minimum atomic E-state index is -0.995. The van der Waals surface area contributed by atoms with Crippen LogP contribution in [0, 0.1) is 10.1 Å². The Morgan fingerprint density at radius 2 is 2.07 bits per heavy atom. The highest BCUT2D eigenvalue weighted by Crippen LogP contribution is 2.32. The maximum atomic E-state index is 11.6. The summed E-state index contributed by atoms with van der Waals surface area (Å²) in [7, 11) is 0. The molecule has 0 spiro atoms. The number of rotatable bonds is 9. The maximum absolute atomic E-state index is 11.6. The van der Waals surface area contributed by atoms with Gasteiger partial charge in [-0.3, -0.25) is 15.4 Å². The number of aliphatic hydroxyl groups is 1. The van der Waals surface area contributed by atoms with Crippen molar-refractivity contribution in [2.24, 2.45) is 0 Å². The van der Waals surface area contributed by atoms with Crippen molar-refractivity contribution >= 4 is 29.1 Å². The van der Waals surface area contributed by atoms with Crippen LogP contribution in [0.15, 0.2) is 36.4 Å². The van der Waals surface area contributed by atoms with Crippen molar-refractivity contribution in [3.63, 3.8) is 0 Å². The highest BCUT2D eigenvalue weighted by molar-refractivity contribution is 5.86. The zero-order valence-corrected chi connectivity index (χ0v) is 16.0. The molecule has 11 nitrogen and oxygen atoms in total. The Bertz CT molecular complexity index is 848. The number of benzene rings is 1. The van der Waals surface area contributed by atoms with E-state index in [1.54, 1.807) is 38.1 Å². The standard InChI is InChI=1S/C18H23N5O6/c1-3-28-18(25)22-15-9-13(16(23(26)27)17(19)21-15)20-11(2)14(24)10-29-12-7-5-4-6-8-12/h4-9,11,14,24H,3,10H2,1-2H3,(H4,19,20,21,22,25). The van der Waals surface area contributed by atoms with Crippen molar-refractivity contribution in [3.05, 3.63) is 46.5 Å². The number of nitrogens with zero attached hydrogens (tertiary/aromatic N) is 2. The number of pyridine rings is 1. The highest BCUT2D eigenvalue weighted by atomic mass is 16.6. The molecule has 0 radical (unpaired) electrons. The minimum absolute atomic E-state index is 0.0134. The van der Waals surface area contributed by atoms with Gasteiger partial charge in [0, 0.05) is 6.07 Å². The minimum Gasteiger partial charge on any atom is -0.491 e. The van der Waals surface area contributed by atoms with Crippen LogP contribution < -0.4 is 21.1 Å². The van der Waals surface area contributed by atoms with Gasteiger partial charge >= 0.3 is 11.8 Å². The largest absolute Gasteiger partial charge is 0.491 e. The summed E-state index contributed by atoms with van der Waals surface area (Å²) in [6, 6.07) is 9.51. The summed E-state index contributed by atoms with van der Waals surface area (Å²) >= 11 is 0. The lowest BCUT2D eigenvalue weighted by Crippen LogP contribution is -2.35. The molecule has 29 heavy (non-hydrogen) atoms. The average molecular weight is 405 g/mol. The summed E-state index contributed by atoms with van der Waals surface area (Å²) in [6.45, 7) is 3.35. The first kappa shape index (κ1) is 21.7. The Morgan fingerprint density at radius 1 is 1.38 bits per heavy atom. The van der Waals surface area contributed by atoms with Gasteiger partial charge < -0.3 is 25.6 Å². The van der Waals surface area contributed by atoms with E-state index >= 15 is 0 Å². The van der Waals surface area contributed by atoms with Crippen LogP contribution in [0.5, 0.6) is 5.75 Å². The number of hydrogen-bond acceptors (Lipinski definition) is 9. The number of anilines is 3. The first-order valence-electron chi connectivity index (χ1n) is 8.83. The Labute approximate surface area is 167 Å². The van der Waals surface area contributed by atoms with Crippen LogP contribution in [0.1, 0.15) is 13.8 Å². The maximum Gasteiger partial charge on any atom is 0.412 e. The number of amides is 1. The van der Waals surface area contributed by atoms with Gasteiger partial charge in [0.2, 0.25) is 5.82 Å². The van der Waals surface area contributed by atoms with Crippen LogP contribution in [0.4, 0.5) is 27.8 Å². The summed E-state index contributed by atoms with van der Waals surface area (Å²) < 4.78 is 10.3. The van der Waals surface area contributed by atoms with Crippen molar-refractivity contribution in [1.82, 2.24) is 4.98 Å². The lowest BCUT2D eigenvalue weighted by atomic mass is 10.1. The molecule has 0 saturated carbocycles. The van der Waals surface area contributed by atoms with E-state index in [9.17, 15) is 20.0 Å². The topological polar surface area (TPSA) is 162 Å². The van der Waals surface area contributed by atoms with Gasteiger partial charge in [-0.1, -0.05) is 18.2 Å². The summed E-state index contributed by atoms with van der Waals surface area (Å²) in [5.74, 6) is 0.157. The van der Waals surface area contributed by atoms with Gasteiger partial charge in [-0.15, -0.1) is 0 Å². The van der Waals surface area contributed by atoms with Gasteiger partial charge in [0.25, 0.3) is 0 Å². The zero-order chi connectivity index (χ0) is 21.4. The lowest BCUT2D eigenvalue weighted by molar-refractivity contribution is -0.383. The molecule has 1 aromatic carbocycles. The van der Waals surface area contributed by atoms with E-state index in [4.69, 9.17) is 15.2 Å². The Morgan fingerprint density at radius 3 is 2.69 bits per heavy atom. The van der Waals surface area contributed by atoms with Crippen LogP contribution in [-0.2, 0) is 4.74 Å². The van der Waals surface area contributed by atoms with Gasteiger partial charge in [-0.2, -0.15) is 0 Å². The number of aromatic nitrogens is 1. The monoisotopic (exact) mass is 405 g/mol. The van der Waals surface area contributed by atoms with E-state index < -0.39 is 34.7 Å². The second-order valence-corrected chi connectivity index (χ2v) is 6.02. The third kappa shape index (κ3) is 6.21. The average Bonchev–Trinajstić information content (AvgIpc) is 2.66. The molecule has 2 unspecified atom stereocenters. The molecule has 1 amide bonds. The van der Waals surface area contributed by atoms with E-state index in [0.717, 1.165) is 0 Å². The second-order valence-electron chi connectivity index (χ2n) is 6.02. The number of carbonyl (C=O) groups excluding carboxylic acids is 1. The van der Waals surface area contributed by atoms with Crippen LogP contribution >= 0.6 is 0 Å². The third-order valence-corrected chi connectivity index (χ3v) is 3.83. The molecular weight excluding hydrogens is 382 g/mol. The first-order chi connectivity index (χ1) is 13.8. The summed E-state index contributed by atoms with van der Waals surface area (Å²) in [5, 5.41) is 26.9. The van der Waals surface area contributed by atoms with E-state index in [-0.39, 0.29) is 24.7 Å². The van der Waals surface area contributed by atoms with Crippen molar-refractivity contribution in [1.29, 1.82) is 0 Å². The van der Waals surface area contributed by atoms with E-state index in [1.807, 2.05) is 6.07 Å². The Hall–Kier alpha value is -3.60. The van der Waals surface area contributed by atoms with Gasteiger partial charge in [-0.25, -0.2) is 9.78 Å². The molecule has 1 aromatic heterocycles. The predicted octanol–water partition coefficient (Wildman–Crippen LogP) is 2.38. The zero-order valence-electron chi connectivity index (χ0n) is 16.0. The molecule has 11 heteroatoms. The Balaban J connectivity index is 2.14. The highest BCUT2D eigenvalue weighted by Gasteiger charge is 2.25. The molecule has 0 aliphatic rings. The smallest absolute Gasteiger partial charge is 0.412 e. The summed E-state index contributed by atoms with van der Waals surface area (Å²) in [5.41, 5.74) is 5.20. The molecule has 2 aromatic rings. The van der Waals surface area contributed by atoms with E-state index in [1.165, 1.54) is 6.07 Å². The van der Waals surface area contributed by atoms with Crippen LogP contribution in [0.25, 0.3) is 0 Å². The van der Waals surface area contributed by atoms with Crippen molar-refractivity contribution < 1.29 is 24.3 Å². The number of para-hydroxylation sites is 1. The normalized spacial score (nSPS) is 12.5. The molecule has 0 bridgehead atoms. The van der Waals surface area contributed by atoms with Gasteiger partial charge in [-0.05, 0) is 26.0 Å². The molecule has 2 rings (SSSR count). The molecule has 0 saturated heterocycles. The molecule has 2 atom stereocenters. The fourth-order valence-corrected chi connectivity index (χ4v) is 2.38. The SMILES string of the molecule is CCOC(=O)Nc1cc(NC(C)C(O)COc2ccccc2)c([N+](=O)[O-])c(N)n1. The number of hydrogen-bond donors (Lipinski definition) is 4. The number of aliphatic hydroxyl groups excluding tert-OH is 1. The third-order valence-electron chi connectivity index (χ3n) is 3.83. The van der Waals surface area contributed by atoms with E-state index in [2.05, 4.69) is 15.6 Å². The molecule has 5 N–H and O–H groups in total. The quantitative estimate of drug-likeness (QED) is 0.362. The molecule has 0 aliphatic heterocycles.